The summed E-state index contributed by atoms with van der Waals surface area (Å²) in [6.07, 6.45) is 3.52. The van der Waals surface area contributed by atoms with Crippen LogP contribution in [0.25, 0.3) is 0 Å². The average Bonchev–Trinajstić information content (AvgIpc) is 2.39. The maximum atomic E-state index is 12.2. The Morgan fingerprint density at radius 1 is 1.15 bits per heavy atom. The number of amides is 2. The minimum Gasteiger partial charge on any atom is -0.353 e. The lowest BCUT2D eigenvalue weighted by Gasteiger charge is -2.36. The highest BCUT2D eigenvalue weighted by molar-refractivity contribution is 5.81. The Bertz CT molecular complexity index is 335. The van der Waals surface area contributed by atoms with Gasteiger partial charge >= 0.3 is 0 Å². The Morgan fingerprint density at radius 2 is 1.65 bits per heavy atom. The van der Waals surface area contributed by atoms with E-state index < -0.39 is 0 Å². The summed E-state index contributed by atoms with van der Waals surface area (Å²) in [7, 11) is 0. The molecule has 1 saturated heterocycles. The van der Waals surface area contributed by atoms with Gasteiger partial charge in [-0.1, -0.05) is 34.6 Å². The number of likely N-dealkylation sites (tertiary alicyclic amines) is 1. The molecule has 0 radical (unpaired) electrons. The Kier molecular flexibility index (Phi) is 6.03. The van der Waals surface area contributed by atoms with Gasteiger partial charge in [-0.2, -0.15) is 0 Å². The molecule has 0 aromatic heterocycles. The van der Waals surface area contributed by atoms with E-state index in [1.54, 1.807) is 0 Å². The van der Waals surface area contributed by atoms with Gasteiger partial charge in [0.15, 0.2) is 0 Å². The lowest BCUT2D eigenvalue weighted by atomic mass is 9.92. The van der Waals surface area contributed by atoms with Gasteiger partial charge in [-0.25, -0.2) is 0 Å². The van der Waals surface area contributed by atoms with Crippen LogP contribution < -0.4 is 5.32 Å². The number of nitrogens with one attached hydrogen (secondary N) is 1. The molecule has 0 unspecified atom stereocenters. The van der Waals surface area contributed by atoms with Crippen molar-refractivity contribution in [3.05, 3.63) is 0 Å². The highest BCUT2D eigenvalue weighted by atomic mass is 16.2. The van der Waals surface area contributed by atoms with Crippen LogP contribution >= 0.6 is 0 Å². The normalized spacial score (nSPS) is 17.4. The topological polar surface area (TPSA) is 49.4 Å². The van der Waals surface area contributed by atoms with Gasteiger partial charge in [0.05, 0.1) is 0 Å². The predicted molar refractivity (Wildman–Crippen MR) is 81.3 cm³/mol. The summed E-state index contributed by atoms with van der Waals surface area (Å²) in [6.45, 7) is 11.5. The number of carbonyl (C=O) groups is 2. The van der Waals surface area contributed by atoms with Crippen LogP contribution in [0.15, 0.2) is 0 Å². The highest BCUT2D eigenvalue weighted by Gasteiger charge is 2.31. The fourth-order valence-electron chi connectivity index (χ4n) is 2.68. The summed E-state index contributed by atoms with van der Waals surface area (Å²) < 4.78 is 0. The quantitative estimate of drug-likeness (QED) is 0.861. The van der Waals surface area contributed by atoms with Crippen molar-refractivity contribution in [3.8, 4) is 0 Å². The molecule has 0 aromatic rings. The zero-order valence-electron chi connectivity index (χ0n) is 13.7. The van der Waals surface area contributed by atoms with Crippen molar-refractivity contribution >= 4 is 11.8 Å². The molecule has 0 saturated carbocycles. The smallest absolute Gasteiger partial charge is 0.227 e. The molecule has 1 rings (SSSR count). The Morgan fingerprint density at radius 3 is 2.05 bits per heavy atom. The van der Waals surface area contributed by atoms with E-state index in [9.17, 15) is 9.59 Å². The largest absolute Gasteiger partial charge is 0.353 e. The van der Waals surface area contributed by atoms with Gasteiger partial charge < -0.3 is 10.2 Å². The molecule has 4 nitrogen and oxygen atoms in total. The molecule has 116 valence electrons. The summed E-state index contributed by atoms with van der Waals surface area (Å²) in [4.78, 5) is 26.2. The molecule has 0 aliphatic carbocycles. The van der Waals surface area contributed by atoms with Gasteiger partial charge in [-0.3, -0.25) is 9.59 Å². The minimum atomic E-state index is -0.314. The molecule has 1 fully saturated rings. The van der Waals surface area contributed by atoms with E-state index in [0.717, 1.165) is 38.8 Å². The molecular weight excluding hydrogens is 252 g/mol. The highest BCUT2D eigenvalue weighted by Crippen LogP contribution is 2.21. The van der Waals surface area contributed by atoms with Crippen molar-refractivity contribution in [2.75, 3.05) is 13.1 Å². The molecule has 4 heteroatoms. The molecule has 0 aromatic carbocycles. The number of hydrogen-bond donors (Lipinski definition) is 1. The lowest BCUT2D eigenvalue weighted by molar-refractivity contribution is -0.140. The minimum absolute atomic E-state index is 0.129. The van der Waals surface area contributed by atoms with Gasteiger partial charge in [0.1, 0.15) is 0 Å². The Hall–Kier alpha value is -1.06. The molecule has 0 atom stereocenters. The number of nitrogens with zero attached hydrogens (tertiary/aromatic N) is 1. The van der Waals surface area contributed by atoms with E-state index in [4.69, 9.17) is 0 Å². The van der Waals surface area contributed by atoms with Gasteiger partial charge in [0.2, 0.25) is 11.8 Å². The van der Waals surface area contributed by atoms with Crippen molar-refractivity contribution in [2.24, 2.45) is 11.3 Å². The molecule has 1 aliphatic rings. The van der Waals surface area contributed by atoms with Crippen LogP contribution in [0.3, 0.4) is 0 Å². The van der Waals surface area contributed by atoms with Crippen LogP contribution in [0.1, 0.15) is 60.3 Å². The monoisotopic (exact) mass is 282 g/mol. The van der Waals surface area contributed by atoms with Gasteiger partial charge in [-0.05, 0) is 25.7 Å². The summed E-state index contributed by atoms with van der Waals surface area (Å²) in [5, 5.41) is 3.14. The number of hydrogen-bond acceptors (Lipinski definition) is 2. The lowest BCUT2D eigenvalue weighted by Crippen LogP contribution is -2.50. The Balaban J connectivity index is 2.43. The molecule has 2 amide bonds. The van der Waals surface area contributed by atoms with Crippen LogP contribution in [0.2, 0.25) is 0 Å². The predicted octanol–water partition coefficient (Wildman–Crippen LogP) is 2.58. The first-order valence-corrected chi connectivity index (χ1v) is 7.89. The van der Waals surface area contributed by atoms with E-state index in [1.807, 2.05) is 25.7 Å². The number of piperidine rings is 1. The summed E-state index contributed by atoms with van der Waals surface area (Å²) >= 11 is 0. The molecule has 20 heavy (non-hydrogen) atoms. The van der Waals surface area contributed by atoms with Crippen LogP contribution in [0.4, 0.5) is 0 Å². The SMILES string of the molecule is CCC(CC)C(=O)NC1CCN(C(=O)C(C)(C)C)CC1. The standard InChI is InChI=1S/C16H30N2O2/c1-6-12(7-2)14(19)17-13-8-10-18(11-9-13)15(20)16(3,4)5/h12-13H,6-11H2,1-5H3,(H,17,19). The van der Waals surface area contributed by atoms with E-state index in [2.05, 4.69) is 19.2 Å². The maximum absolute atomic E-state index is 12.2. The second-order valence-electron chi connectivity index (χ2n) is 6.84. The average molecular weight is 282 g/mol. The van der Waals surface area contributed by atoms with Gasteiger partial charge in [0.25, 0.3) is 0 Å². The third-order valence-corrected chi connectivity index (χ3v) is 4.13. The molecular formula is C16H30N2O2. The van der Waals surface area contributed by atoms with Crippen LogP contribution in [-0.2, 0) is 9.59 Å². The fourth-order valence-corrected chi connectivity index (χ4v) is 2.68. The van der Waals surface area contributed by atoms with Crippen molar-refractivity contribution in [1.82, 2.24) is 10.2 Å². The number of carbonyl (C=O) groups excluding carboxylic acids is 2. The van der Waals surface area contributed by atoms with Crippen molar-refractivity contribution in [3.63, 3.8) is 0 Å². The first-order chi connectivity index (χ1) is 9.29. The van der Waals surface area contributed by atoms with E-state index in [0.29, 0.717) is 0 Å². The summed E-state index contributed by atoms with van der Waals surface area (Å²) in [5.41, 5.74) is -0.314. The van der Waals surface area contributed by atoms with E-state index in [1.165, 1.54) is 0 Å². The molecule has 0 spiro atoms. The Labute approximate surface area is 123 Å². The van der Waals surface area contributed by atoms with Crippen molar-refractivity contribution in [2.45, 2.75) is 66.3 Å². The van der Waals surface area contributed by atoms with Crippen LogP contribution in [0.5, 0.6) is 0 Å². The second-order valence-corrected chi connectivity index (χ2v) is 6.84. The second kappa shape index (κ2) is 7.09. The van der Waals surface area contributed by atoms with Gasteiger partial charge in [-0.15, -0.1) is 0 Å². The van der Waals surface area contributed by atoms with Crippen molar-refractivity contribution in [1.29, 1.82) is 0 Å². The van der Waals surface area contributed by atoms with E-state index >= 15 is 0 Å². The zero-order valence-corrected chi connectivity index (χ0v) is 13.7. The molecule has 1 aliphatic heterocycles. The first kappa shape index (κ1) is 17.0. The molecule has 0 bridgehead atoms. The first-order valence-electron chi connectivity index (χ1n) is 7.89. The summed E-state index contributed by atoms with van der Waals surface area (Å²) in [5.74, 6) is 0.516. The van der Waals surface area contributed by atoms with Gasteiger partial charge in [0, 0.05) is 30.5 Å². The third-order valence-electron chi connectivity index (χ3n) is 4.13. The van der Waals surface area contributed by atoms with E-state index in [-0.39, 0.29) is 29.2 Å². The summed E-state index contributed by atoms with van der Waals surface area (Å²) in [6, 6.07) is 0.229. The fraction of sp³-hybridized carbons (Fsp3) is 0.875. The van der Waals surface area contributed by atoms with Crippen molar-refractivity contribution < 1.29 is 9.59 Å². The number of rotatable bonds is 4. The maximum Gasteiger partial charge on any atom is 0.227 e. The molecule has 1 heterocycles. The third kappa shape index (κ3) is 4.50. The van der Waals surface area contributed by atoms with Crippen LogP contribution in [0, 0.1) is 11.3 Å². The molecule has 1 N–H and O–H groups in total. The zero-order chi connectivity index (χ0) is 15.3. The van der Waals surface area contributed by atoms with Crippen LogP contribution in [-0.4, -0.2) is 35.8 Å².